The van der Waals surface area contributed by atoms with Crippen molar-refractivity contribution in [1.82, 2.24) is 4.98 Å². The van der Waals surface area contributed by atoms with E-state index in [9.17, 15) is 18.0 Å². The third-order valence-corrected chi connectivity index (χ3v) is 1.60. The molecule has 0 aliphatic heterocycles. The van der Waals surface area contributed by atoms with Gasteiger partial charge in [-0.1, -0.05) is 0 Å². The van der Waals surface area contributed by atoms with Crippen LogP contribution in [0, 0.1) is 11.3 Å². The number of aromatic nitrogens is 1. The van der Waals surface area contributed by atoms with Crippen LogP contribution in [-0.2, 0) is 12.6 Å². The van der Waals surface area contributed by atoms with E-state index in [0.29, 0.717) is 6.20 Å². The largest absolute Gasteiger partial charge is 0.421 e. The summed E-state index contributed by atoms with van der Waals surface area (Å²) in [6.45, 7) is 0. The Morgan fingerprint density at radius 3 is 2.57 bits per heavy atom. The fourth-order valence-corrected chi connectivity index (χ4v) is 0.957. The Balaban J connectivity index is 3.30. The first kappa shape index (κ1) is 10.3. The summed E-state index contributed by atoms with van der Waals surface area (Å²) >= 11 is 0. The first-order valence-electron chi connectivity index (χ1n) is 3.61. The van der Waals surface area contributed by atoms with Gasteiger partial charge in [0.1, 0.15) is 5.56 Å². The van der Waals surface area contributed by atoms with Crippen LogP contribution >= 0.6 is 0 Å². The number of rotatable bonds is 1. The zero-order valence-corrected chi connectivity index (χ0v) is 6.85. The van der Waals surface area contributed by atoms with Gasteiger partial charge >= 0.3 is 6.18 Å². The molecule has 6 heteroatoms. The molecule has 0 unspecified atom stereocenters. The van der Waals surface area contributed by atoms with E-state index in [1.54, 1.807) is 6.07 Å². The minimum atomic E-state index is -4.68. The molecule has 14 heavy (non-hydrogen) atoms. The molecule has 0 saturated heterocycles. The van der Waals surface area contributed by atoms with Crippen molar-refractivity contribution in [3.8, 4) is 6.07 Å². The molecule has 0 spiro atoms. The number of alkyl halides is 3. The van der Waals surface area contributed by atoms with Crippen LogP contribution in [0.4, 0.5) is 13.2 Å². The van der Waals surface area contributed by atoms with Gasteiger partial charge in [0.05, 0.1) is 12.5 Å². The zero-order chi connectivity index (χ0) is 10.8. The molecule has 0 aromatic carbocycles. The number of pyridine rings is 1. The predicted octanol–water partition coefficient (Wildman–Crippen LogP) is 1.46. The van der Waals surface area contributed by atoms with Gasteiger partial charge in [0.2, 0.25) is 0 Å². The average Bonchev–Trinajstić information content (AvgIpc) is 2.07. The maximum atomic E-state index is 12.2. The molecular formula is C8H5F3N2O. The van der Waals surface area contributed by atoms with Crippen LogP contribution in [0.15, 0.2) is 17.2 Å². The molecule has 1 aromatic rings. The van der Waals surface area contributed by atoms with Gasteiger partial charge < -0.3 is 4.98 Å². The first-order chi connectivity index (χ1) is 6.46. The van der Waals surface area contributed by atoms with Crippen molar-refractivity contribution >= 4 is 0 Å². The number of nitriles is 1. The molecule has 0 aliphatic carbocycles. The van der Waals surface area contributed by atoms with Crippen LogP contribution < -0.4 is 5.43 Å². The highest BCUT2D eigenvalue weighted by atomic mass is 19.4. The van der Waals surface area contributed by atoms with Gasteiger partial charge in [0.25, 0.3) is 0 Å². The van der Waals surface area contributed by atoms with E-state index in [4.69, 9.17) is 5.26 Å². The molecular weight excluding hydrogens is 197 g/mol. The quantitative estimate of drug-likeness (QED) is 0.749. The summed E-state index contributed by atoms with van der Waals surface area (Å²) in [5.74, 6) is 0. The highest BCUT2D eigenvalue weighted by molar-refractivity contribution is 5.23. The van der Waals surface area contributed by atoms with E-state index in [-0.39, 0.29) is 12.0 Å². The number of aromatic amines is 1. The van der Waals surface area contributed by atoms with Crippen LogP contribution in [0.1, 0.15) is 11.1 Å². The normalized spacial score (nSPS) is 11.0. The van der Waals surface area contributed by atoms with Crippen molar-refractivity contribution in [2.75, 3.05) is 0 Å². The molecule has 1 N–H and O–H groups in total. The summed E-state index contributed by atoms with van der Waals surface area (Å²) in [6, 6.07) is 1.62. The van der Waals surface area contributed by atoms with Crippen molar-refractivity contribution in [3.05, 3.63) is 33.7 Å². The fraction of sp³-hybridized carbons (Fsp3) is 0.250. The lowest BCUT2D eigenvalue weighted by atomic mass is 10.1. The third kappa shape index (κ3) is 1.93. The van der Waals surface area contributed by atoms with Crippen LogP contribution in [-0.4, -0.2) is 4.98 Å². The van der Waals surface area contributed by atoms with Crippen LogP contribution in [0.5, 0.6) is 0 Å². The first-order valence-corrected chi connectivity index (χ1v) is 3.61. The maximum Gasteiger partial charge on any atom is 0.421 e. The van der Waals surface area contributed by atoms with Crippen molar-refractivity contribution < 1.29 is 13.2 Å². The molecule has 0 radical (unpaired) electrons. The number of hydrogen-bond donors (Lipinski definition) is 1. The van der Waals surface area contributed by atoms with Crippen LogP contribution in [0.25, 0.3) is 0 Å². The molecule has 0 aliphatic rings. The van der Waals surface area contributed by atoms with Gasteiger partial charge in [-0.3, -0.25) is 4.79 Å². The molecule has 0 bridgehead atoms. The topological polar surface area (TPSA) is 56.6 Å². The summed E-state index contributed by atoms with van der Waals surface area (Å²) in [5.41, 5.74) is -2.59. The smallest absolute Gasteiger partial charge is 0.367 e. The molecule has 1 heterocycles. The molecule has 0 fully saturated rings. The molecule has 1 aromatic heterocycles. The SMILES string of the molecule is N#CCc1c[nH]cc(C(F)(F)F)c1=O. The van der Waals surface area contributed by atoms with Gasteiger partial charge in [0.15, 0.2) is 5.43 Å². The van der Waals surface area contributed by atoms with E-state index in [1.807, 2.05) is 0 Å². The highest BCUT2D eigenvalue weighted by Crippen LogP contribution is 2.25. The molecule has 1 rings (SSSR count). The second-order valence-corrected chi connectivity index (χ2v) is 2.56. The van der Waals surface area contributed by atoms with E-state index < -0.39 is 17.2 Å². The number of nitrogens with zero attached hydrogens (tertiary/aromatic N) is 1. The van der Waals surface area contributed by atoms with E-state index in [0.717, 1.165) is 6.20 Å². The Morgan fingerprint density at radius 1 is 1.43 bits per heavy atom. The Bertz CT molecular complexity index is 427. The van der Waals surface area contributed by atoms with Gasteiger partial charge in [0, 0.05) is 18.0 Å². The summed E-state index contributed by atoms with van der Waals surface area (Å²) in [4.78, 5) is 13.3. The number of H-pyrrole nitrogens is 1. The lowest BCUT2D eigenvalue weighted by Gasteiger charge is -2.05. The lowest BCUT2D eigenvalue weighted by molar-refractivity contribution is -0.138. The van der Waals surface area contributed by atoms with Gasteiger partial charge in [-0.2, -0.15) is 18.4 Å². The summed E-state index contributed by atoms with van der Waals surface area (Å²) in [5, 5.41) is 8.25. The van der Waals surface area contributed by atoms with E-state index in [2.05, 4.69) is 4.98 Å². The van der Waals surface area contributed by atoms with Gasteiger partial charge in [-0.25, -0.2) is 0 Å². The van der Waals surface area contributed by atoms with E-state index >= 15 is 0 Å². The number of hydrogen-bond acceptors (Lipinski definition) is 2. The van der Waals surface area contributed by atoms with Crippen molar-refractivity contribution in [2.24, 2.45) is 0 Å². The van der Waals surface area contributed by atoms with Gasteiger partial charge in [-0.15, -0.1) is 0 Å². The summed E-state index contributed by atoms with van der Waals surface area (Å²) < 4.78 is 36.5. The summed E-state index contributed by atoms with van der Waals surface area (Å²) in [7, 11) is 0. The third-order valence-electron chi connectivity index (χ3n) is 1.60. The zero-order valence-electron chi connectivity index (χ0n) is 6.85. The summed E-state index contributed by atoms with van der Waals surface area (Å²) in [6.07, 6.45) is -3.33. The minimum Gasteiger partial charge on any atom is -0.367 e. The molecule has 0 saturated carbocycles. The molecule has 74 valence electrons. The number of nitrogens with one attached hydrogen (secondary N) is 1. The molecule has 0 atom stereocenters. The second kappa shape index (κ2) is 3.54. The highest BCUT2D eigenvalue weighted by Gasteiger charge is 2.34. The average molecular weight is 202 g/mol. The molecule has 0 amide bonds. The maximum absolute atomic E-state index is 12.2. The Labute approximate surface area is 76.8 Å². The standard InChI is InChI=1S/C8H5F3N2O/c9-8(10,11)6-4-13-3-5(1-2-12)7(6)14/h3-4H,1H2,(H,13,14). The fourth-order valence-electron chi connectivity index (χ4n) is 0.957. The van der Waals surface area contributed by atoms with Crippen molar-refractivity contribution in [2.45, 2.75) is 12.6 Å². The monoisotopic (exact) mass is 202 g/mol. The van der Waals surface area contributed by atoms with Crippen molar-refractivity contribution in [1.29, 1.82) is 5.26 Å². The predicted molar refractivity (Wildman–Crippen MR) is 41.4 cm³/mol. The van der Waals surface area contributed by atoms with Crippen LogP contribution in [0.2, 0.25) is 0 Å². The van der Waals surface area contributed by atoms with E-state index in [1.165, 1.54) is 0 Å². The van der Waals surface area contributed by atoms with Crippen molar-refractivity contribution in [3.63, 3.8) is 0 Å². The second-order valence-electron chi connectivity index (χ2n) is 2.56. The molecule has 3 nitrogen and oxygen atoms in total. The lowest BCUT2D eigenvalue weighted by Crippen LogP contribution is -2.22. The Hall–Kier alpha value is -1.77. The Morgan fingerprint density at radius 2 is 2.07 bits per heavy atom. The van der Waals surface area contributed by atoms with Gasteiger partial charge in [-0.05, 0) is 0 Å². The number of halogens is 3. The minimum absolute atomic E-state index is 0.178. The Kier molecular flexibility index (Phi) is 2.60. The van der Waals surface area contributed by atoms with Crippen LogP contribution in [0.3, 0.4) is 0 Å².